The van der Waals surface area contributed by atoms with Gasteiger partial charge in [0.25, 0.3) is 0 Å². The Bertz CT molecular complexity index is 632. The SMILES string of the molecule is Cc1cc(Oc2ccc(Cl)cc2F)c(CCN)cc1F. The van der Waals surface area contributed by atoms with Crippen molar-refractivity contribution in [2.75, 3.05) is 6.54 Å². The van der Waals surface area contributed by atoms with Crippen LogP contribution in [0.5, 0.6) is 11.5 Å². The van der Waals surface area contributed by atoms with Gasteiger partial charge in [0.2, 0.25) is 0 Å². The largest absolute Gasteiger partial charge is 0.454 e. The van der Waals surface area contributed by atoms with Crippen LogP contribution < -0.4 is 10.5 Å². The molecule has 20 heavy (non-hydrogen) atoms. The zero-order valence-electron chi connectivity index (χ0n) is 10.9. The molecule has 0 heterocycles. The van der Waals surface area contributed by atoms with Crippen LogP contribution in [0.4, 0.5) is 8.78 Å². The van der Waals surface area contributed by atoms with Crippen LogP contribution in [-0.2, 0) is 6.42 Å². The zero-order chi connectivity index (χ0) is 14.7. The highest BCUT2D eigenvalue weighted by Gasteiger charge is 2.12. The Labute approximate surface area is 121 Å². The van der Waals surface area contributed by atoms with E-state index in [1.165, 1.54) is 24.3 Å². The molecular weight excluding hydrogens is 284 g/mol. The average molecular weight is 298 g/mol. The van der Waals surface area contributed by atoms with Gasteiger partial charge in [0.15, 0.2) is 11.6 Å². The molecule has 0 aliphatic rings. The van der Waals surface area contributed by atoms with Gasteiger partial charge in [-0.15, -0.1) is 0 Å². The monoisotopic (exact) mass is 297 g/mol. The van der Waals surface area contributed by atoms with Crippen molar-refractivity contribution in [3.05, 3.63) is 58.1 Å². The van der Waals surface area contributed by atoms with E-state index in [-0.39, 0.29) is 16.6 Å². The van der Waals surface area contributed by atoms with Crippen LogP contribution in [0.2, 0.25) is 5.02 Å². The topological polar surface area (TPSA) is 35.2 Å². The molecule has 0 aromatic heterocycles. The molecule has 0 aliphatic carbocycles. The molecule has 0 atom stereocenters. The third-order valence-electron chi connectivity index (χ3n) is 2.87. The number of benzene rings is 2. The molecule has 0 unspecified atom stereocenters. The smallest absolute Gasteiger partial charge is 0.167 e. The van der Waals surface area contributed by atoms with E-state index in [1.54, 1.807) is 6.92 Å². The third-order valence-corrected chi connectivity index (χ3v) is 3.10. The maximum atomic E-state index is 13.7. The predicted octanol–water partition coefficient (Wildman–Crippen LogP) is 4.22. The standard InChI is InChI=1S/C15H14ClF2NO/c1-9-6-15(10(4-5-19)7-12(9)17)20-14-3-2-11(16)8-13(14)18/h2-3,6-8H,4-5,19H2,1H3. The number of hydrogen-bond acceptors (Lipinski definition) is 2. The Morgan fingerprint density at radius 3 is 2.50 bits per heavy atom. The molecule has 0 radical (unpaired) electrons. The molecule has 2 N–H and O–H groups in total. The van der Waals surface area contributed by atoms with Crippen LogP contribution in [0.15, 0.2) is 30.3 Å². The Balaban J connectivity index is 2.39. The summed E-state index contributed by atoms with van der Waals surface area (Å²) in [7, 11) is 0. The van der Waals surface area contributed by atoms with Gasteiger partial charge in [0, 0.05) is 5.02 Å². The molecule has 0 saturated carbocycles. The Kier molecular flexibility index (Phi) is 4.57. The Morgan fingerprint density at radius 2 is 1.85 bits per heavy atom. The predicted molar refractivity (Wildman–Crippen MR) is 75.4 cm³/mol. The maximum Gasteiger partial charge on any atom is 0.167 e. The molecule has 5 heteroatoms. The number of aryl methyl sites for hydroxylation is 1. The van der Waals surface area contributed by atoms with Gasteiger partial charge in [0.1, 0.15) is 11.6 Å². The van der Waals surface area contributed by atoms with Crippen molar-refractivity contribution in [2.24, 2.45) is 5.73 Å². The first-order valence-corrected chi connectivity index (χ1v) is 6.51. The quantitative estimate of drug-likeness (QED) is 0.917. The van der Waals surface area contributed by atoms with E-state index in [9.17, 15) is 8.78 Å². The van der Waals surface area contributed by atoms with Crippen LogP contribution in [-0.4, -0.2) is 6.54 Å². The van der Waals surface area contributed by atoms with E-state index < -0.39 is 5.82 Å². The molecule has 0 aliphatic heterocycles. The van der Waals surface area contributed by atoms with Crippen molar-refractivity contribution in [1.29, 1.82) is 0 Å². The van der Waals surface area contributed by atoms with E-state index >= 15 is 0 Å². The molecule has 2 aromatic rings. The molecule has 2 nitrogen and oxygen atoms in total. The first-order chi connectivity index (χ1) is 9.51. The van der Waals surface area contributed by atoms with Gasteiger partial charge in [0.05, 0.1) is 0 Å². The second-order valence-electron chi connectivity index (χ2n) is 4.42. The van der Waals surface area contributed by atoms with Crippen LogP contribution in [0.25, 0.3) is 0 Å². The van der Waals surface area contributed by atoms with Crippen molar-refractivity contribution in [1.82, 2.24) is 0 Å². The lowest BCUT2D eigenvalue weighted by Crippen LogP contribution is -2.05. The molecule has 0 bridgehead atoms. The molecule has 2 aromatic carbocycles. The van der Waals surface area contributed by atoms with E-state index in [2.05, 4.69) is 0 Å². The van der Waals surface area contributed by atoms with Crippen molar-refractivity contribution in [3.8, 4) is 11.5 Å². The minimum absolute atomic E-state index is 0.0404. The highest BCUT2D eigenvalue weighted by Crippen LogP contribution is 2.31. The van der Waals surface area contributed by atoms with E-state index in [4.69, 9.17) is 22.1 Å². The van der Waals surface area contributed by atoms with Gasteiger partial charge < -0.3 is 10.5 Å². The normalized spacial score (nSPS) is 10.7. The summed E-state index contributed by atoms with van der Waals surface area (Å²) in [5.41, 5.74) is 6.52. The number of rotatable bonds is 4. The summed E-state index contributed by atoms with van der Waals surface area (Å²) >= 11 is 5.69. The van der Waals surface area contributed by atoms with Crippen LogP contribution in [0, 0.1) is 18.6 Å². The second-order valence-corrected chi connectivity index (χ2v) is 4.86. The molecule has 0 fully saturated rings. The fourth-order valence-electron chi connectivity index (χ4n) is 1.82. The molecule has 0 saturated heterocycles. The summed E-state index contributed by atoms with van der Waals surface area (Å²) in [4.78, 5) is 0. The Morgan fingerprint density at radius 1 is 1.10 bits per heavy atom. The molecule has 106 valence electrons. The molecule has 0 amide bonds. The van der Waals surface area contributed by atoms with Crippen molar-refractivity contribution < 1.29 is 13.5 Å². The van der Waals surface area contributed by atoms with Gasteiger partial charge in [-0.05, 0) is 61.3 Å². The van der Waals surface area contributed by atoms with Crippen LogP contribution in [0.1, 0.15) is 11.1 Å². The lowest BCUT2D eigenvalue weighted by Gasteiger charge is -2.13. The molecule has 2 rings (SSSR count). The van der Waals surface area contributed by atoms with E-state index in [0.29, 0.717) is 29.8 Å². The van der Waals surface area contributed by atoms with Crippen molar-refractivity contribution in [2.45, 2.75) is 13.3 Å². The molecule has 0 spiro atoms. The lowest BCUT2D eigenvalue weighted by atomic mass is 10.1. The van der Waals surface area contributed by atoms with Crippen LogP contribution >= 0.6 is 11.6 Å². The van der Waals surface area contributed by atoms with Gasteiger partial charge in [-0.1, -0.05) is 11.6 Å². The number of nitrogens with two attached hydrogens (primary N) is 1. The minimum Gasteiger partial charge on any atom is -0.454 e. The van der Waals surface area contributed by atoms with E-state index in [1.807, 2.05) is 0 Å². The number of ether oxygens (including phenoxy) is 1. The summed E-state index contributed by atoms with van der Waals surface area (Å²) < 4.78 is 32.8. The summed E-state index contributed by atoms with van der Waals surface area (Å²) in [6.45, 7) is 1.97. The first-order valence-electron chi connectivity index (χ1n) is 6.13. The summed E-state index contributed by atoms with van der Waals surface area (Å²) in [5, 5.41) is 0.285. The van der Waals surface area contributed by atoms with E-state index in [0.717, 1.165) is 6.07 Å². The lowest BCUT2D eigenvalue weighted by molar-refractivity contribution is 0.436. The number of halogens is 3. The highest BCUT2D eigenvalue weighted by molar-refractivity contribution is 6.30. The van der Waals surface area contributed by atoms with Gasteiger partial charge >= 0.3 is 0 Å². The van der Waals surface area contributed by atoms with Gasteiger partial charge in [-0.3, -0.25) is 0 Å². The Hall–Kier alpha value is -1.65. The zero-order valence-corrected chi connectivity index (χ0v) is 11.7. The summed E-state index contributed by atoms with van der Waals surface area (Å²) in [6, 6.07) is 7.02. The summed E-state index contributed by atoms with van der Waals surface area (Å²) in [5.74, 6) is -0.468. The third kappa shape index (κ3) is 3.26. The van der Waals surface area contributed by atoms with Crippen molar-refractivity contribution in [3.63, 3.8) is 0 Å². The highest BCUT2D eigenvalue weighted by atomic mass is 35.5. The second kappa shape index (κ2) is 6.20. The fraction of sp³-hybridized carbons (Fsp3) is 0.200. The average Bonchev–Trinajstić information content (AvgIpc) is 2.39. The fourth-order valence-corrected chi connectivity index (χ4v) is 1.98. The summed E-state index contributed by atoms with van der Waals surface area (Å²) in [6.07, 6.45) is 0.446. The van der Waals surface area contributed by atoms with Crippen molar-refractivity contribution >= 4 is 11.6 Å². The maximum absolute atomic E-state index is 13.7. The molecular formula is C15H14ClF2NO. The van der Waals surface area contributed by atoms with Gasteiger partial charge in [-0.2, -0.15) is 0 Å². The minimum atomic E-state index is -0.571. The first kappa shape index (κ1) is 14.8. The van der Waals surface area contributed by atoms with Crippen LogP contribution in [0.3, 0.4) is 0 Å². The van der Waals surface area contributed by atoms with Gasteiger partial charge in [-0.25, -0.2) is 8.78 Å². The number of hydrogen-bond donors (Lipinski definition) is 1.